The van der Waals surface area contributed by atoms with Gasteiger partial charge in [-0.25, -0.2) is 9.37 Å². The summed E-state index contributed by atoms with van der Waals surface area (Å²) in [5.41, 5.74) is 0.527. The van der Waals surface area contributed by atoms with Crippen LogP contribution in [0.2, 0.25) is 0 Å². The molecular weight excluding hydrogens is 235 g/mol. The van der Waals surface area contributed by atoms with Crippen LogP contribution in [0.1, 0.15) is 24.8 Å². The predicted octanol–water partition coefficient (Wildman–Crippen LogP) is 1.31. The summed E-state index contributed by atoms with van der Waals surface area (Å²) >= 11 is 0. The fourth-order valence-corrected chi connectivity index (χ4v) is 2.55. The maximum atomic E-state index is 13.1. The molecule has 18 heavy (non-hydrogen) atoms. The highest BCUT2D eigenvalue weighted by Gasteiger charge is 2.22. The molecule has 2 N–H and O–H groups in total. The molecule has 1 unspecified atom stereocenters. The molecule has 1 saturated heterocycles. The highest BCUT2D eigenvalue weighted by Crippen LogP contribution is 2.26. The minimum absolute atomic E-state index is 0.197. The van der Waals surface area contributed by atoms with Crippen molar-refractivity contribution in [2.45, 2.75) is 25.9 Å². The Kier molecular flexibility index (Phi) is 4.49. The van der Waals surface area contributed by atoms with Crippen molar-refractivity contribution in [3.05, 3.63) is 23.6 Å². The summed E-state index contributed by atoms with van der Waals surface area (Å²) in [6.07, 6.45) is 4.11. The third-order valence-corrected chi connectivity index (χ3v) is 3.44. The number of piperidine rings is 1. The van der Waals surface area contributed by atoms with Gasteiger partial charge in [-0.15, -0.1) is 0 Å². The second-order valence-corrected chi connectivity index (χ2v) is 4.76. The lowest BCUT2D eigenvalue weighted by Gasteiger charge is -2.34. The molecular formula is C13H19FN2O2. The third-order valence-electron chi connectivity index (χ3n) is 3.44. The summed E-state index contributed by atoms with van der Waals surface area (Å²) in [6.45, 7) is 1.67. The Labute approximate surface area is 106 Å². The molecule has 0 amide bonds. The zero-order chi connectivity index (χ0) is 13.0. The van der Waals surface area contributed by atoms with Crippen molar-refractivity contribution in [1.82, 2.24) is 4.98 Å². The quantitative estimate of drug-likeness (QED) is 0.850. The molecule has 0 radical (unpaired) electrons. The predicted molar refractivity (Wildman–Crippen MR) is 66.8 cm³/mol. The maximum Gasteiger partial charge on any atom is 0.142 e. The van der Waals surface area contributed by atoms with Gasteiger partial charge in [0.05, 0.1) is 12.8 Å². The summed E-state index contributed by atoms with van der Waals surface area (Å²) in [5, 5.41) is 18.3. The van der Waals surface area contributed by atoms with Gasteiger partial charge in [-0.3, -0.25) is 0 Å². The minimum Gasteiger partial charge on any atom is -0.396 e. The van der Waals surface area contributed by atoms with Crippen molar-refractivity contribution in [3.8, 4) is 0 Å². The van der Waals surface area contributed by atoms with Crippen molar-refractivity contribution < 1.29 is 14.6 Å². The van der Waals surface area contributed by atoms with E-state index in [-0.39, 0.29) is 13.2 Å². The molecule has 5 heteroatoms. The van der Waals surface area contributed by atoms with Gasteiger partial charge < -0.3 is 15.1 Å². The standard InChI is InChI=1S/C13H19FN2O2/c14-12-6-11(9-18)13(15-7-12)16-4-1-2-10(8-16)3-5-17/h6-7,10,17-18H,1-5,8-9H2. The fourth-order valence-electron chi connectivity index (χ4n) is 2.55. The Balaban J connectivity index is 2.15. The number of hydrogen-bond acceptors (Lipinski definition) is 4. The first-order valence-corrected chi connectivity index (χ1v) is 6.35. The largest absolute Gasteiger partial charge is 0.396 e. The lowest BCUT2D eigenvalue weighted by atomic mass is 9.95. The van der Waals surface area contributed by atoms with Crippen LogP contribution < -0.4 is 4.90 Å². The lowest BCUT2D eigenvalue weighted by molar-refractivity contribution is 0.243. The van der Waals surface area contributed by atoms with Crippen LogP contribution in [0, 0.1) is 11.7 Å². The van der Waals surface area contributed by atoms with Crippen LogP contribution in [0.4, 0.5) is 10.2 Å². The van der Waals surface area contributed by atoms with Gasteiger partial charge in [0, 0.05) is 25.3 Å². The topological polar surface area (TPSA) is 56.6 Å². The number of aliphatic hydroxyl groups excluding tert-OH is 2. The van der Waals surface area contributed by atoms with Crippen molar-refractivity contribution >= 4 is 5.82 Å². The van der Waals surface area contributed by atoms with Gasteiger partial charge in [0.25, 0.3) is 0 Å². The number of hydrogen-bond donors (Lipinski definition) is 2. The Bertz CT molecular complexity index is 399. The highest BCUT2D eigenvalue weighted by molar-refractivity contribution is 5.47. The van der Waals surface area contributed by atoms with E-state index in [1.165, 1.54) is 12.3 Å². The Hall–Kier alpha value is -1.20. The van der Waals surface area contributed by atoms with Gasteiger partial charge in [0.15, 0.2) is 0 Å². The average molecular weight is 254 g/mol. The summed E-state index contributed by atoms with van der Waals surface area (Å²) in [6, 6.07) is 1.33. The molecule has 2 heterocycles. The molecule has 1 aromatic rings. The molecule has 1 aliphatic rings. The van der Waals surface area contributed by atoms with Crippen LogP contribution in [-0.2, 0) is 6.61 Å². The first-order valence-electron chi connectivity index (χ1n) is 6.35. The number of anilines is 1. The Morgan fingerprint density at radius 2 is 2.28 bits per heavy atom. The first kappa shape index (κ1) is 13.2. The summed E-state index contributed by atoms with van der Waals surface area (Å²) in [5.74, 6) is 0.690. The van der Waals surface area contributed by atoms with E-state index in [4.69, 9.17) is 5.11 Å². The fraction of sp³-hybridized carbons (Fsp3) is 0.615. The van der Waals surface area contributed by atoms with Crippen LogP contribution in [0.5, 0.6) is 0 Å². The maximum absolute atomic E-state index is 13.1. The van der Waals surface area contributed by atoms with Crippen molar-refractivity contribution in [2.75, 3.05) is 24.6 Å². The normalized spacial score (nSPS) is 20.2. The van der Waals surface area contributed by atoms with Gasteiger partial charge in [-0.2, -0.15) is 0 Å². The molecule has 2 rings (SSSR count). The molecule has 1 aromatic heterocycles. The van der Waals surface area contributed by atoms with Gasteiger partial charge >= 0.3 is 0 Å². The molecule has 1 atom stereocenters. The number of aliphatic hydroxyl groups is 2. The van der Waals surface area contributed by atoms with E-state index in [9.17, 15) is 9.50 Å². The molecule has 1 aliphatic heterocycles. The van der Waals surface area contributed by atoms with Gasteiger partial charge in [0.1, 0.15) is 11.6 Å². The van der Waals surface area contributed by atoms with Crippen LogP contribution in [-0.4, -0.2) is 34.9 Å². The smallest absolute Gasteiger partial charge is 0.142 e. The number of halogens is 1. The van der Waals surface area contributed by atoms with Crippen molar-refractivity contribution in [2.24, 2.45) is 5.92 Å². The van der Waals surface area contributed by atoms with E-state index in [0.717, 1.165) is 32.4 Å². The van der Waals surface area contributed by atoms with Crippen LogP contribution in [0.25, 0.3) is 0 Å². The van der Waals surface area contributed by atoms with Gasteiger partial charge in [0.2, 0.25) is 0 Å². The zero-order valence-corrected chi connectivity index (χ0v) is 10.3. The highest BCUT2D eigenvalue weighted by atomic mass is 19.1. The van der Waals surface area contributed by atoms with E-state index >= 15 is 0 Å². The molecule has 4 nitrogen and oxygen atoms in total. The Morgan fingerprint density at radius 3 is 3.00 bits per heavy atom. The second-order valence-electron chi connectivity index (χ2n) is 4.76. The van der Waals surface area contributed by atoms with E-state index in [0.29, 0.717) is 17.3 Å². The van der Waals surface area contributed by atoms with Gasteiger partial charge in [-0.1, -0.05) is 0 Å². The Morgan fingerprint density at radius 1 is 1.44 bits per heavy atom. The zero-order valence-electron chi connectivity index (χ0n) is 10.3. The van der Waals surface area contributed by atoms with Crippen LogP contribution >= 0.6 is 0 Å². The molecule has 0 aromatic carbocycles. The van der Waals surface area contributed by atoms with Crippen LogP contribution in [0.3, 0.4) is 0 Å². The summed E-state index contributed by atoms with van der Waals surface area (Å²) in [4.78, 5) is 6.17. The van der Waals surface area contributed by atoms with Crippen molar-refractivity contribution in [3.63, 3.8) is 0 Å². The van der Waals surface area contributed by atoms with Crippen molar-refractivity contribution in [1.29, 1.82) is 0 Å². The monoisotopic (exact) mass is 254 g/mol. The van der Waals surface area contributed by atoms with E-state index in [1.54, 1.807) is 0 Å². The number of nitrogens with zero attached hydrogens (tertiary/aromatic N) is 2. The minimum atomic E-state index is -0.424. The lowest BCUT2D eigenvalue weighted by Crippen LogP contribution is -2.37. The third kappa shape index (κ3) is 2.97. The number of rotatable bonds is 4. The second kappa shape index (κ2) is 6.11. The van der Waals surface area contributed by atoms with Crippen LogP contribution in [0.15, 0.2) is 12.3 Å². The van der Waals surface area contributed by atoms with E-state index in [2.05, 4.69) is 9.88 Å². The molecule has 100 valence electrons. The molecule has 0 saturated carbocycles. The van der Waals surface area contributed by atoms with E-state index in [1.807, 2.05) is 0 Å². The number of pyridine rings is 1. The SMILES string of the molecule is OCCC1CCCN(c2ncc(F)cc2CO)C1. The molecule has 0 aliphatic carbocycles. The van der Waals surface area contributed by atoms with E-state index < -0.39 is 5.82 Å². The summed E-state index contributed by atoms with van der Waals surface area (Å²) < 4.78 is 13.1. The number of aromatic nitrogens is 1. The van der Waals surface area contributed by atoms with Gasteiger partial charge in [-0.05, 0) is 31.2 Å². The molecule has 0 bridgehead atoms. The molecule has 1 fully saturated rings. The first-order chi connectivity index (χ1) is 8.74. The summed E-state index contributed by atoms with van der Waals surface area (Å²) in [7, 11) is 0. The molecule has 0 spiro atoms. The average Bonchev–Trinajstić information content (AvgIpc) is 2.39.